The third-order valence-electron chi connectivity index (χ3n) is 6.21. The number of fused-ring (bicyclic) bond motifs is 1. The maximum atomic E-state index is 13.3. The van der Waals surface area contributed by atoms with Gasteiger partial charge in [0, 0.05) is 29.7 Å². The number of thiophene rings is 1. The van der Waals surface area contributed by atoms with Gasteiger partial charge in [0.05, 0.1) is 33.5 Å². The molecule has 0 amide bonds. The zero-order valence-corrected chi connectivity index (χ0v) is 20.2. The minimum Gasteiger partial charge on any atom is -0.354 e. The van der Waals surface area contributed by atoms with E-state index in [1.165, 1.54) is 12.1 Å². The maximum absolute atomic E-state index is 13.3. The van der Waals surface area contributed by atoms with Gasteiger partial charge >= 0.3 is 0 Å². The van der Waals surface area contributed by atoms with Crippen LogP contribution >= 0.6 is 11.3 Å². The average Bonchev–Trinajstić information content (AvgIpc) is 3.45. The first-order valence-electron chi connectivity index (χ1n) is 10.7. The molecule has 1 unspecified atom stereocenters. The second-order valence-electron chi connectivity index (χ2n) is 8.54. The van der Waals surface area contributed by atoms with E-state index in [0.717, 1.165) is 43.4 Å². The van der Waals surface area contributed by atoms with Crippen molar-refractivity contribution in [3.05, 3.63) is 59.4 Å². The quantitative estimate of drug-likeness (QED) is 0.419. The second-order valence-corrected chi connectivity index (χ2v) is 11.8. The number of rotatable bonds is 5. The van der Waals surface area contributed by atoms with Gasteiger partial charge in [-0.15, -0.1) is 11.3 Å². The number of aryl methyl sites for hydroxylation is 1. The molecule has 0 radical (unpaired) electrons. The maximum Gasteiger partial charge on any atom is 0.152 e. The van der Waals surface area contributed by atoms with Crippen LogP contribution in [0.4, 0.5) is 10.2 Å². The Labute approximate surface area is 195 Å². The van der Waals surface area contributed by atoms with E-state index in [1.54, 1.807) is 29.8 Å². The summed E-state index contributed by atoms with van der Waals surface area (Å²) in [6.45, 7) is 4.55. The molecule has 33 heavy (non-hydrogen) atoms. The SMILES string of the molecule is Cc1nn(C2CCS(=O)(=O)C2)c(C)c1CN(C)c1ncnc2cc(-c3ccc(F)cc3)sc12. The van der Waals surface area contributed by atoms with Gasteiger partial charge in [0.25, 0.3) is 0 Å². The molecule has 1 aromatic carbocycles. The number of aromatic nitrogens is 4. The molecule has 3 aromatic heterocycles. The molecule has 1 aliphatic heterocycles. The highest BCUT2D eigenvalue weighted by atomic mass is 32.2. The van der Waals surface area contributed by atoms with Crippen LogP contribution in [0.15, 0.2) is 36.7 Å². The summed E-state index contributed by atoms with van der Waals surface area (Å²) < 4.78 is 40.1. The molecule has 7 nitrogen and oxygen atoms in total. The van der Waals surface area contributed by atoms with E-state index < -0.39 is 9.84 Å². The highest BCUT2D eigenvalue weighted by molar-refractivity contribution is 7.91. The van der Waals surface area contributed by atoms with Crippen molar-refractivity contribution < 1.29 is 12.8 Å². The number of sulfone groups is 1. The fraction of sp³-hybridized carbons (Fsp3) is 0.348. The van der Waals surface area contributed by atoms with E-state index >= 15 is 0 Å². The Balaban J connectivity index is 1.45. The summed E-state index contributed by atoms with van der Waals surface area (Å²) >= 11 is 1.58. The monoisotopic (exact) mass is 485 g/mol. The first-order valence-corrected chi connectivity index (χ1v) is 13.3. The van der Waals surface area contributed by atoms with Gasteiger partial charge in [0.1, 0.15) is 18.0 Å². The van der Waals surface area contributed by atoms with Crippen molar-refractivity contribution in [2.45, 2.75) is 32.9 Å². The van der Waals surface area contributed by atoms with Crippen LogP contribution in [-0.2, 0) is 16.4 Å². The number of benzene rings is 1. The number of nitrogens with zero attached hydrogens (tertiary/aromatic N) is 5. The van der Waals surface area contributed by atoms with Gasteiger partial charge in [0.2, 0.25) is 0 Å². The van der Waals surface area contributed by atoms with Gasteiger partial charge in [-0.2, -0.15) is 5.10 Å². The largest absolute Gasteiger partial charge is 0.354 e. The minimum atomic E-state index is -2.98. The van der Waals surface area contributed by atoms with Crippen LogP contribution in [-0.4, -0.2) is 46.7 Å². The van der Waals surface area contributed by atoms with Gasteiger partial charge in [0.15, 0.2) is 9.84 Å². The highest BCUT2D eigenvalue weighted by Crippen LogP contribution is 2.37. The van der Waals surface area contributed by atoms with Crippen LogP contribution in [0.5, 0.6) is 0 Å². The van der Waals surface area contributed by atoms with Gasteiger partial charge in [-0.05, 0) is 44.0 Å². The van der Waals surface area contributed by atoms with E-state index in [9.17, 15) is 12.8 Å². The van der Waals surface area contributed by atoms with Crippen LogP contribution in [0.3, 0.4) is 0 Å². The second kappa shape index (κ2) is 8.18. The van der Waals surface area contributed by atoms with E-state index in [1.807, 2.05) is 31.6 Å². The van der Waals surface area contributed by atoms with Crippen molar-refractivity contribution in [1.82, 2.24) is 19.7 Å². The average molecular weight is 486 g/mol. The van der Waals surface area contributed by atoms with Crippen LogP contribution < -0.4 is 4.90 Å². The molecule has 1 saturated heterocycles. The molecular formula is C23H24FN5O2S2. The number of hydrogen-bond acceptors (Lipinski definition) is 7. The summed E-state index contributed by atoms with van der Waals surface area (Å²) in [5.74, 6) is 0.923. The van der Waals surface area contributed by atoms with E-state index in [2.05, 4.69) is 20.0 Å². The van der Waals surface area contributed by atoms with Crippen LogP contribution in [0.1, 0.15) is 29.4 Å². The summed E-state index contributed by atoms with van der Waals surface area (Å²) in [5, 5.41) is 4.68. The van der Waals surface area contributed by atoms with Crippen LogP contribution in [0, 0.1) is 19.7 Å². The lowest BCUT2D eigenvalue weighted by atomic mass is 10.1. The molecule has 1 fully saturated rings. The molecular weight excluding hydrogens is 461 g/mol. The minimum absolute atomic E-state index is 0.103. The van der Waals surface area contributed by atoms with Crippen molar-refractivity contribution >= 4 is 37.2 Å². The standard InChI is InChI=1S/C23H24FN5O2S2/c1-14-19(15(2)29(27-14)18-8-9-33(30,31)12-18)11-28(3)23-22-20(25-13-26-23)10-21(32-22)16-4-6-17(24)7-5-16/h4-7,10,13,18H,8-9,11-12H2,1-3H3. The molecule has 0 N–H and O–H groups in total. The molecule has 0 bridgehead atoms. The number of halogens is 1. The smallest absolute Gasteiger partial charge is 0.152 e. The van der Waals surface area contributed by atoms with Gasteiger partial charge in [-0.25, -0.2) is 22.8 Å². The zero-order valence-electron chi connectivity index (χ0n) is 18.6. The molecule has 0 saturated carbocycles. The first-order chi connectivity index (χ1) is 15.7. The molecule has 1 aliphatic rings. The molecule has 0 spiro atoms. The molecule has 4 aromatic rings. The van der Waals surface area contributed by atoms with Crippen molar-refractivity contribution in [3.8, 4) is 10.4 Å². The predicted molar refractivity (Wildman–Crippen MR) is 129 cm³/mol. The van der Waals surface area contributed by atoms with E-state index in [-0.39, 0.29) is 23.4 Å². The summed E-state index contributed by atoms with van der Waals surface area (Å²) in [7, 11) is -1.00. The third-order valence-corrected chi connectivity index (χ3v) is 9.13. The topological polar surface area (TPSA) is 81.0 Å². The van der Waals surface area contributed by atoms with Crippen molar-refractivity contribution in [2.24, 2.45) is 0 Å². The van der Waals surface area contributed by atoms with E-state index in [4.69, 9.17) is 0 Å². The summed E-state index contributed by atoms with van der Waals surface area (Å²) in [6, 6.07) is 8.34. The Bertz CT molecular complexity index is 1440. The van der Waals surface area contributed by atoms with Crippen LogP contribution in [0.25, 0.3) is 20.7 Å². The molecule has 0 aliphatic carbocycles. The summed E-state index contributed by atoms with van der Waals surface area (Å²) in [6.07, 6.45) is 2.16. The van der Waals surface area contributed by atoms with Gasteiger partial charge < -0.3 is 4.90 Å². The molecule has 5 rings (SSSR count). The van der Waals surface area contributed by atoms with Crippen molar-refractivity contribution in [3.63, 3.8) is 0 Å². The Morgan fingerprint density at radius 1 is 1.21 bits per heavy atom. The lowest BCUT2D eigenvalue weighted by Crippen LogP contribution is -2.19. The lowest BCUT2D eigenvalue weighted by molar-refractivity contribution is 0.485. The Hall–Kier alpha value is -2.85. The van der Waals surface area contributed by atoms with E-state index in [0.29, 0.717) is 13.0 Å². The lowest BCUT2D eigenvalue weighted by Gasteiger charge is -2.19. The van der Waals surface area contributed by atoms with Crippen molar-refractivity contribution in [2.75, 3.05) is 23.5 Å². The normalized spacial score (nSPS) is 17.6. The molecule has 4 heterocycles. The Morgan fingerprint density at radius 3 is 2.67 bits per heavy atom. The van der Waals surface area contributed by atoms with Gasteiger partial charge in [-0.1, -0.05) is 12.1 Å². The predicted octanol–water partition coefficient (Wildman–Crippen LogP) is 4.31. The summed E-state index contributed by atoms with van der Waals surface area (Å²) in [5.41, 5.74) is 4.74. The van der Waals surface area contributed by atoms with Crippen molar-refractivity contribution in [1.29, 1.82) is 0 Å². The fourth-order valence-corrected chi connectivity index (χ4v) is 7.28. The number of hydrogen-bond donors (Lipinski definition) is 0. The summed E-state index contributed by atoms with van der Waals surface area (Å²) in [4.78, 5) is 12.0. The fourth-order valence-electron chi connectivity index (χ4n) is 4.43. The number of anilines is 1. The van der Waals surface area contributed by atoms with Gasteiger partial charge in [-0.3, -0.25) is 4.68 Å². The third kappa shape index (κ3) is 4.13. The zero-order chi connectivity index (χ0) is 23.3. The molecule has 10 heteroatoms. The Kier molecular flexibility index (Phi) is 5.44. The first kappa shape index (κ1) is 22.0. The molecule has 1 atom stereocenters. The van der Waals surface area contributed by atoms with Crippen LogP contribution in [0.2, 0.25) is 0 Å². The molecule has 172 valence electrons. The highest BCUT2D eigenvalue weighted by Gasteiger charge is 2.31. The Morgan fingerprint density at radius 2 is 1.97 bits per heavy atom.